The lowest BCUT2D eigenvalue weighted by atomic mass is 9.91. The number of amides is 2. The molecule has 1 fully saturated rings. The van der Waals surface area contributed by atoms with E-state index in [0.29, 0.717) is 13.1 Å². The van der Waals surface area contributed by atoms with Gasteiger partial charge in [-0.05, 0) is 36.5 Å². The fraction of sp³-hybridized carbons (Fsp3) is 0.350. The van der Waals surface area contributed by atoms with Crippen molar-refractivity contribution in [1.29, 1.82) is 0 Å². The van der Waals surface area contributed by atoms with Crippen LogP contribution in [0.3, 0.4) is 0 Å². The summed E-state index contributed by atoms with van der Waals surface area (Å²) in [7, 11) is 0. The minimum atomic E-state index is -0.808. The van der Waals surface area contributed by atoms with Crippen LogP contribution in [0.4, 0.5) is 19.3 Å². The van der Waals surface area contributed by atoms with Crippen molar-refractivity contribution in [2.24, 2.45) is 11.8 Å². The molecule has 2 amide bonds. The van der Waals surface area contributed by atoms with Gasteiger partial charge in [0.25, 0.3) is 0 Å². The lowest BCUT2D eigenvalue weighted by molar-refractivity contribution is 0.196. The first-order valence-corrected chi connectivity index (χ1v) is 8.72. The Bertz CT molecular complexity index is 755. The molecule has 138 valence electrons. The van der Waals surface area contributed by atoms with Crippen LogP contribution in [0.2, 0.25) is 0 Å². The van der Waals surface area contributed by atoms with Gasteiger partial charge in [0, 0.05) is 31.7 Å². The Labute approximate surface area is 151 Å². The molecule has 1 aliphatic heterocycles. The van der Waals surface area contributed by atoms with Crippen molar-refractivity contribution in [3.8, 4) is 0 Å². The molecule has 2 N–H and O–H groups in total. The topological polar surface area (TPSA) is 52.6 Å². The Morgan fingerprint density at radius 2 is 1.85 bits per heavy atom. The lowest BCUT2D eigenvalue weighted by Crippen LogP contribution is -2.33. The predicted octanol–water partition coefficient (Wildman–Crippen LogP) is 3.67. The number of likely N-dealkylation sites (tertiary alicyclic amines) is 1. The third-order valence-corrected chi connectivity index (χ3v) is 4.92. The number of aryl methyl sites for hydroxylation is 1. The molecular formula is C20H22F2N2O2. The molecule has 2 aromatic carbocycles. The van der Waals surface area contributed by atoms with E-state index in [1.807, 2.05) is 18.2 Å². The van der Waals surface area contributed by atoms with Crippen LogP contribution in [0.25, 0.3) is 0 Å². The molecule has 0 unspecified atom stereocenters. The Hall–Kier alpha value is -2.47. The molecular weight excluding hydrogens is 338 g/mol. The van der Waals surface area contributed by atoms with Crippen LogP contribution in [0.5, 0.6) is 0 Å². The molecule has 1 saturated heterocycles. The highest BCUT2D eigenvalue weighted by atomic mass is 19.1. The first kappa shape index (κ1) is 18.3. The van der Waals surface area contributed by atoms with Crippen molar-refractivity contribution < 1.29 is 18.7 Å². The Kier molecular flexibility index (Phi) is 5.83. The number of hydrogen-bond donors (Lipinski definition) is 2. The van der Waals surface area contributed by atoms with Crippen molar-refractivity contribution in [1.82, 2.24) is 4.90 Å². The van der Waals surface area contributed by atoms with E-state index < -0.39 is 17.7 Å². The second kappa shape index (κ2) is 8.27. The molecule has 2 aromatic rings. The number of carbonyl (C=O) groups excluding carboxylic acids is 1. The van der Waals surface area contributed by atoms with Gasteiger partial charge in [-0.15, -0.1) is 0 Å². The van der Waals surface area contributed by atoms with Crippen LogP contribution in [0, 0.1) is 23.5 Å². The highest BCUT2D eigenvalue weighted by molar-refractivity contribution is 5.89. The molecule has 3 rings (SSSR count). The van der Waals surface area contributed by atoms with E-state index in [1.54, 1.807) is 4.90 Å². The third-order valence-electron chi connectivity index (χ3n) is 4.92. The molecule has 0 spiro atoms. The molecule has 1 aliphatic rings. The molecule has 1 heterocycles. The molecule has 6 heteroatoms. The van der Waals surface area contributed by atoms with Crippen LogP contribution in [0.1, 0.15) is 12.0 Å². The zero-order valence-electron chi connectivity index (χ0n) is 14.4. The average Bonchev–Trinajstić information content (AvgIpc) is 3.06. The first-order valence-electron chi connectivity index (χ1n) is 8.72. The van der Waals surface area contributed by atoms with Gasteiger partial charge < -0.3 is 15.3 Å². The standard InChI is InChI=1S/C20H22F2N2O2/c21-17-8-9-19(18(22)10-17)23-20(26)24-11-15(16(12-24)13-25)7-6-14-4-2-1-3-5-14/h1-5,8-10,15-16,25H,6-7,11-13H2,(H,23,26)/t15-,16-/m1/s1. The van der Waals surface area contributed by atoms with Gasteiger partial charge in [0.15, 0.2) is 0 Å². The van der Waals surface area contributed by atoms with E-state index in [4.69, 9.17) is 0 Å². The SMILES string of the molecule is O=C(Nc1ccc(F)cc1F)N1C[C@@H](CCc2ccccc2)[C@@H](CO)C1. The van der Waals surface area contributed by atoms with Crippen LogP contribution >= 0.6 is 0 Å². The van der Waals surface area contributed by atoms with Crippen molar-refractivity contribution in [2.45, 2.75) is 12.8 Å². The number of urea groups is 1. The fourth-order valence-electron chi connectivity index (χ4n) is 3.42. The summed E-state index contributed by atoms with van der Waals surface area (Å²) in [5.74, 6) is -1.31. The molecule has 0 aromatic heterocycles. The number of aliphatic hydroxyl groups excluding tert-OH is 1. The number of rotatable bonds is 5. The third kappa shape index (κ3) is 4.38. The van der Waals surface area contributed by atoms with Gasteiger partial charge >= 0.3 is 6.03 Å². The van der Waals surface area contributed by atoms with Gasteiger partial charge in [-0.2, -0.15) is 0 Å². The van der Waals surface area contributed by atoms with Crippen molar-refractivity contribution in [2.75, 3.05) is 25.0 Å². The zero-order valence-corrected chi connectivity index (χ0v) is 14.4. The quantitative estimate of drug-likeness (QED) is 0.855. The molecule has 0 bridgehead atoms. The van der Waals surface area contributed by atoms with E-state index >= 15 is 0 Å². The molecule has 0 saturated carbocycles. The summed E-state index contributed by atoms with van der Waals surface area (Å²) in [6.07, 6.45) is 1.74. The largest absolute Gasteiger partial charge is 0.396 e. The second-order valence-electron chi connectivity index (χ2n) is 6.69. The lowest BCUT2D eigenvalue weighted by Gasteiger charge is -2.17. The molecule has 26 heavy (non-hydrogen) atoms. The molecule has 4 nitrogen and oxygen atoms in total. The van der Waals surface area contributed by atoms with E-state index in [9.17, 15) is 18.7 Å². The van der Waals surface area contributed by atoms with E-state index in [0.717, 1.165) is 25.0 Å². The number of benzene rings is 2. The predicted molar refractivity (Wildman–Crippen MR) is 95.8 cm³/mol. The summed E-state index contributed by atoms with van der Waals surface area (Å²) in [6, 6.07) is 12.7. The maximum absolute atomic E-state index is 13.7. The summed E-state index contributed by atoms with van der Waals surface area (Å²) in [5, 5.41) is 12.1. The van der Waals surface area contributed by atoms with Crippen LogP contribution in [-0.4, -0.2) is 35.7 Å². The van der Waals surface area contributed by atoms with Crippen molar-refractivity contribution in [3.63, 3.8) is 0 Å². The van der Waals surface area contributed by atoms with Crippen LogP contribution in [-0.2, 0) is 6.42 Å². The average molecular weight is 360 g/mol. The number of nitrogens with one attached hydrogen (secondary N) is 1. The number of nitrogens with zero attached hydrogens (tertiary/aromatic N) is 1. The maximum Gasteiger partial charge on any atom is 0.321 e. The van der Waals surface area contributed by atoms with Gasteiger partial charge in [0.05, 0.1) is 5.69 Å². The van der Waals surface area contributed by atoms with Crippen molar-refractivity contribution in [3.05, 3.63) is 65.7 Å². The second-order valence-corrected chi connectivity index (χ2v) is 6.69. The van der Waals surface area contributed by atoms with Crippen LogP contribution in [0.15, 0.2) is 48.5 Å². The highest BCUT2D eigenvalue weighted by Crippen LogP contribution is 2.28. The molecule has 0 radical (unpaired) electrons. The number of halogens is 2. The van der Waals surface area contributed by atoms with E-state index in [2.05, 4.69) is 17.4 Å². The minimum Gasteiger partial charge on any atom is -0.396 e. The summed E-state index contributed by atoms with van der Waals surface area (Å²) in [4.78, 5) is 14.0. The zero-order chi connectivity index (χ0) is 18.5. The Morgan fingerprint density at radius 3 is 2.54 bits per heavy atom. The summed E-state index contributed by atoms with van der Waals surface area (Å²) in [6.45, 7) is 0.936. The van der Waals surface area contributed by atoms with Gasteiger partial charge in [-0.25, -0.2) is 13.6 Å². The van der Waals surface area contributed by atoms with Gasteiger partial charge in [0.1, 0.15) is 11.6 Å². The fourth-order valence-corrected chi connectivity index (χ4v) is 3.42. The smallest absolute Gasteiger partial charge is 0.321 e. The van der Waals surface area contributed by atoms with Gasteiger partial charge in [-0.3, -0.25) is 0 Å². The van der Waals surface area contributed by atoms with Crippen LogP contribution < -0.4 is 5.32 Å². The monoisotopic (exact) mass is 360 g/mol. The number of anilines is 1. The Balaban J connectivity index is 1.59. The van der Waals surface area contributed by atoms with Gasteiger partial charge in [0.2, 0.25) is 0 Å². The van der Waals surface area contributed by atoms with E-state index in [-0.39, 0.29) is 24.1 Å². The summed E-state index contributed by atoms with van der Waals surface area (Å²) >= 11 is 0. The minimum absolute atomic E-state index is 0.00234. The first-order chi connectivity index (χ1) is 12.6. The van der Waals surface area contributed by atoms with Gasteiger partial charge in [-0.1, -0.05) is 30.3 Å². The summed E-state index contributed by atoms with van der Waals surface area (Å²) < 4.78 is 26.7. The number of carbonyl (C=O) groups is 1. The number of aliphatic hydroxyl groups is 1. The summed E-state index contributed by atoms with van der Waals surface area (Å²) in [5.41, 5.74) is 1.17. The highest BCUT2D eigenvalue weighted by Gasteiger charge is 2.34. The Morgan fingerprint density at radius 1 is 1.12 bits per heavy atom. The normalized spacial score (nSPS) is 19.6. The van der Waals surface area contributed by atoms with E-state index in [1.165, 1.54) is 11.6 Å². The molecule has 0 aliphatic carbocycles. The maximum atomic E-state index is 13.7. The molecule has 2 atom stereocenters. The van der Waals surface area contributed by atoms with Crippen molar-refractivity contribution >= 4 is 11.7 Å². The number of hydrogen-bond acceptors (Lipinski definition) is 2.